The number of rotatable bonds is 6. The van der Waals surface area contributed by atoms with E-state index < -0.39 is 23.4 Å². The topological polar surface area (TPSA) is 58.6 Å². The van der Waals surface area contributed by atoms with Gasteiger partial charge < -0.3 is 10.1 Å². The maximum atomic E-state index is 13.9. The number of nitrogens with one attached hydrogen (secondary N) is 1. The van der Waals surface area contributed by atoms with Crippen LogP contribution in [0, 0.1) is 25.5 Å². The zero-order valence-corrected chi connectivity index (χ0v) is 18.4. The molecule has 0 unspecified atom stereocenters. The third-order valence-electron chi connectivity index (χ3n) is 5.46. The second-order valence-electron chi connectivity index (χ2n) is 7.68. The third-order valence-corrected chi connectivity index (χ3v) is 5.46. The number of hydrogen-bond donors (Lipinski definition) is 1. The lowest BCUT2D eigenvalue weighted by atomic mass is 9.99. The van der Waals surface area contributed by atoms with E-state index in [4.69, 9.17) is 4.74 Å². The van der Waals surface area contributed by atoms with Gasteiger partial charge in [-0.05, 0) is 61.7 Å². The van der Waals surface area contributed by atoms with Crippen LogP contribution in [0.1, 0.15) is 23.6 Å². The first-order valence-electron chi connectivity index (χ1n) is 10.5. The molecule has 1 aliphatic rings. The quantitative estimate of drug-likeness (QED) is 0.515. The second-order valence-corrected chi connectivity index (χ2v) is 7.68. The number of anilines is 2. The molecule has 0 radical (unpaired) electrons. The van der Waals surface area contributed by atoms with E-state index in [-0.39, 0.29) is 17.0 Å². The van der Waals surface area contributed by atoms with E-state index in [0.717, 1.165) is 28.2 Å². The molecule has 5 nitrogen and oxygen atoms in total. The Bertz CT molecular complexity index is 1300. The molecule has 0 aliphatic carbocycles. The van der Waals surface area contributed by atoms with Crippen LogP contribution in [0.25, 0.3) is 5.57 Å². The second kappa shape index (κ2) is 8.86. The van der Waals surface area contributed by atoms with Gasteiger partial charge in [0.1, 0.15) is 11.4 Å². The van der Waals surface area contributed by atoms with Crippen molar-refractivity contribution in [3.8, 4) is 5.75 Å². The molecule has 0 aromatic heterocycles. The van der Waals surface area contributed by atoms with Crippen LogP contribution in [-0.4, -0.2) is 18.4 Å². The Kier molecular flexibility index (Phi) is 5.96. The first-order valence-corrected chi connectivity index (χ1v) is 10.5. The first kappa shape index (κ1) is 22.2. The van der Waals surface area contributed by atoms with E-state index in [2.05, 4.69) is 5.32 Å². The molecule has 33 heavy (non-hydrogen) atoms. The molecule has 4 rings (SSSR count). The number of aryl methyl sites for hydroxylation is 2. The average molecular weight is 448 g/mol. The lowest BCUT2D eigenvalue weighted by molar-refractivity contribution is -0.120. The Morgan fingerprint density at radius 1 is 0.879 bits per heavy atom. The van der Waals surface area contributed by atoms with Crippen molar-refractivity contribution in [2.45, 2.75) is 20.8 Å². The Morgan fingerprint density at radius 2 is 1.67 bits per heavy atom. The normalized spacial score (nSPS) is 13.7. The lowest BCUT2D eigenvalue weighted by Crippen LogP contribution is -2.32. The number of halogens is 2. The first-order chi connectivity index (χ1) is 15.8. The van der Waals surface area contributed by atoms with E-state index in [1.165, 1.54) is 6.07 Å². The van der Waals surface area contributed by atoms with Gasteiger partial charge >= 0.3 is 0 Å². The molecule has 0 saturated carbocycles. The lowest BCUT2D eigenvalue weighted by Gasteiger charge is -2.16. The molecular formula is C26H22F2N2O3. The zero-order chi connectivity index (χ0) is 23.7. The van der Waals surface area contributed by atoms with Crippen molar-refractivity contribution in [3.63, 3.8) is 0 Å². The molecular weight excluding hydrogens is 426 g/mol. The summed E-state index contributed by atoms with van der Waals surface area (Å²) < 4.78 is 32.9. The standard InChI is InChI=1S/C26H22F2N2O3/c1-4-33-20-7-5-6-18(13-20)29-24-23(17-9-8-15(2)16(3)12-17)25(31)30(26(24)32)19-10-11-21(27)22(28)14-19/h5-14,29H,4H2,1-3H3. The van der Waals surface area contributed by atoms with Crippen LogP contribution in [0.5, 0.6) is 5.75 Å². The van der Waals surface area contributed by atoms with Gasteiger partial charge in [0.15, 0.2) is 11.6 Å². The minimum atomic E-state index is -1.15. The van der Waals surface area contributed by atoms with Crippen LogP contribution < -0.4 is 15.0 Å². The third kappa shape index (κ3) is 4.22. The highest BCUT2D eigenvalue weighted by atomic mass is 19.2. The van der Waals surface area contributed by atoms with Gasteiger partial charge in [0, 0.05) is 17.8 Å². The molecule has 2 amide bonds. The smallest absolute Gasteiger partial charge is 0.282 e. The van der Waals surface area contributed by atoms with Gasteiger partial charge in [-0.1, -0.05) is 24.3 Å². The zero-order valence-electron chi connectivity index (χ0n) is 18.4. The van der Waals surface area contributed by atoms with Gasteiger partial charge in [0.2, 0.25) is 0 Å². The fourth-order valence-corrected chi connectivity index (χ4v) is 3.64. The van der Waals surface area contributed by atoms with Crippen molar-refractivity contribution in [2.24, 2.45) is 0 Å². The molecule has 168 valence electrons. The summed E-state index contributed by atoms with van der Waals surface area (Å²) in [6, 6.07) is 15.4. The minimum absolute atomic E-state index is 0.0432. The van der Waals surface area contributed by atoms with Crippen LogP contribution in [0.3, 0.4) is 0 Å². The maximum Gasteiger partial charge on any atom is 0.282 e. The van der Waals surface area contributed by atoms with E-state index in [1.54, 1.807) is 30.3 Å². The van der Waals surface area contributed by atoms with E-state index in [0.29, 0.717) is 23.6 Å². The number of ether oxygens (including phenoxy) is 1. The maximum absolute atomic E-state index is 13.9. The van der Waals surface area contributed by atoms with Crippen molar-refractivity contribution >= 4 is 28.8 Å². The monoisotopic (exact) mass is 448 g/mol. The number of imide groups is 1. The van der Waals surface area contributed by atoms with E-state index >= 15 is 0 Å². The molecule has 0 spiro atoms. The number of benzene rings is 3. The molecule has 1 N–H and O–H groups in total. The van der Waals surface area contributed by atoms with Crippen molar-refractivity contribution < 1.29 is 23.1 Å². The van der Waals surface area contributed by atoms with Gasteiger partial charge in [-0.2, -0.15) is 0 Å². The van der Waals surface area contributed by atoms with Crippen LogP contribution >= 0.6 is 0 Å². The van der Waals surface area contributed by atoms with E-state index in [1.807, 2.05) is 32.9 Å². The van der Waals surface area contributed by atoms with Crippen LogP contribution in [0.15, 0.2) is 66.4 Å². The molecule has 0 bridgehead atoms. The van der Waals surface area contributed by atoms with Crippen molar-refractivity contribution in [1.29, 1.82) is 0 Å². The van der Waals surface area contributed by atoms with Gasteiger partial charge in [-0.25, -0.2) is 13.7 Å². The summed E-state index contributed by atoms with van der Waals surface area (Å²) in [5, 5.41) is 3.05. The summed E-state index contributed by atoms with van der Waals surface area (Å²) in [6.45, 7) is 6.19. The summed E-state index contributed by atoms with van der Waals surface area (Å²) in [5.74, 6) is -2.90. The number of carbonyl (C=O) groups excluding carboxylic acids is 2. The molecule has 0 atom stereocenters. The van der Waals surface area contributed by atoms with E-state index in [9.17, 15) is 18.4 Å². The number of amides is 2. The minimum Gasteiger partial charge on any atom is -0.494 e. The number of hydrogen-bond acceptors (Lipinski definition) is 4. The summed E-state index contributed by atoms with van der Waals surface area (Å²) >= 11 is 0. The van der Waals surface area contributed by atoms with Crippen molar-refractivity contribution in [1.82, 2.24) is 0 Å². The molecule has 1 heterocycles. The molecule has 1 aliphatic heterocycles. The Hall–Kier alpha value is -4.00. The Labute approximate surface area is 190 Å². The molecule has 0 saturated heterocycles. The highest BCUT2D eigenvalue weighted by Crippen LogP contribution is 2.35. The number of carbonyl (C=O) groups is 2. The van der Waals surface area contributed by atoms with Crippen LogP contribution in [-0.2, 0) is 9.59 Å². The fraction of sp³-hybridized carbons (Fsp3) is 0.154. The SMILES string of the molecule is CCOc1cccc(NC2=C(c3ccc(C)c(C)c3)C(=O)N(c3ccc(F)c(F)c3)C2=O)c1. The Morgan fingerprint density at radius 3 is 2.36 bits per heavy atom. The molecule has 3 aromatic rings. The number of nitrogens with zero attached hydrogens (tertiary/aromatic N) is 1. The largest absolute Gasteiger partial charge is 0.494 e. The van der Waals surface area contributed by atoms with Crippen molar-refractivity contribution in [2.75, 3.05) is 16.8 Å². The van der Waals surface area contributed by atoms with Crippen LogP contribution in [0.4, 0.5) is 20.2 Å². The van der Waals surface area contributed by atoms with Crippen LogP contribution in [0.2, 0.25) is 0 Å². The van der Waals surface area contributed by atoms with Gasteiger partial charge in [-0.3, -0.25) is 9.59 Å². The summed E-state index contributed by atoms with van der Waals surface area (Å²) in [5.41, 5.74) is 3.22. The summed E-state index contributed by atoms with van der Waals surface area (Å²) in [7, 11) is 0. The highest BCUT2D eigenvalue weighted by Gasteiger charge is 2.40. The highest BCUT2D eigenvalue weighted by molar-refractivity contribution is 6.46. The predicted molar refractivity (Wildman–Crippen MR) is 123 cm³/mol. The van der Waals surface area contributed by atoms with Gasteiger partial charge in [0.25, 0.3) is 11.8 Å². The van der Waals surface area contributed by atoms with Gasteiger partial charge in [0.05, 0.1) is 17.9 Å². The fourth-order valence-electron chi connectivity index (χ4n) is 3.64. The van der Waals surface area contributed by atoms with Gasteiger partial charge in [-0.15, -0.1) is 0 Å². The molecule has 7 heteroatoms. The predicted octanol–water partition coefficient (Wildman–Crippen LogP) is 5.38. The van der Waals surface area contributed by atoms with Crippen molar-refractivity contribution in [3.05, 3.63) is 94.7 Å². The average Bonchev–Trinajstić information content (AvgIpc) is 3.02. The molecule has 0 fully saturated rings. The Balaban J connectivity index is 1.82. The summed E-state index contributed by atoms with van der Waals surface area (Å²) in [6.07, 6.45) is 0. The molecule has 3 aromatic carbocycles. The summed E-state index contributed by atoms with van der Waals surface area (Å²) in [4.78, 5) is 27.7.